The Kier molecular flexibility index (Phi) is 8.11. The van der Waals surface area contributed by atoms with Gasteiger partial charge in [0.05, 0.1) is 16.5 Å². The average molecular weight is 581 g/mol. The Hall–Kier alpha value is -3.67. The summed E-state index contributed by atoms with van der Waals surface area (Å²) in [7, 11) is 1.45. The Morgan fingerprint density at radius 3 is 2.45 bits per heavy atom. The van der Waals surface area contributed by atoms with Crippen LogP contribution in [-0.2, 0) is 15.8 Å². The maximum atomic E-state index is 13.7. The molecule has 1 aliphatic rings. The van der Waals surface area contributed by atoms with Crippen molar-refractivity contribution in [3.63, 3.8) is 0 Å². The smallest absolute Gasteiger partial charge is 0.344 e. The van der Waals surface area contributed by atoms with Crippen molar-refractivity contribution in [2.75, 3.05) is 28.7 Å². The van der Waals surface area contributed by atoms with Gasteiger partial charge in [-0.05, 0) is 64.4 Å². The zero-order valence-corrected chi connectivity index (χ0v) is 23.3. The summed E-state index contributed by atoms with van der Waals surface area (Å²) in [5, 5.41) is 6.98. The van der Waals surface area contributed by atoms with E-state index < -0.39 is 41.3 Å². The second kappa shape index (κ2) is 11.1. The number of hydrogen-bond donors (Lipinski definition) is 1. The highest BCUT2D eigenvalue weighted by molar-refractivity contribution is 6.31. The molecule has 2 atom stereocenters. The zero-order valence-electron chi connectivity index (χ0n) is 22.6. The van der Waals surface area contributed by atoms with Crippen molar-refractivity contribution in [2.45, 2.75) is 52.4 Å². The number of anilines is 3. The van der Waals surface area contributed by atoms with Gasteiger partial charge in [-0.25, -0.2) is 9.37 Å². The van der Waals surface area contributed by atoms with Gasteiger partial charge in [0.2, 0.25) is 11.8 Å². The molecule has 3 heterocycles. The Morgan fingerprint density at radius 1 is 1.15 bits per heavy atom. The highest BCUT2D eigenvalue weighted by atomic mass is 35.5. The first-order valence-electron chi connectivity index (χ1n) is 12.6. The minimum absolute atomic E-state index is 0.00474. The number of aryl methyl sites for hydroxylation is 2. The van der Waals surface area contributed by atoms with Crippen molar-refractivity contribution >= 4 is 40.7 Å². The number of carbonyl (C=O) groups excluding carboxylic acids is 2. The molecule has 0 saturated carbocycles. The number of alkyl halides is 3. The lowest BCUT2D eigenvalue weighted by atomic mass is 10.0. The average Bonchev–Trinajstić information content (AvgIpc) is 3.48. The lowest BCUT2D eigenvalue weighted by Gasteiger charge is -2.29. The molecule has 4 rings (SSSR count). The predicted molar refractivity (Wildman–Crippen MR) is 144 cm³/mol. The third-order valence-electron chi connectivity index (χ3n) is 6.80. The quantitative estimate of drug-likeness (QED) is 0.374. The van der Waals surface area contributed by atoms with Crippen molar-refractivity contribution in [3.8, 4) is 0 Å². The molecule has 0 unspecified atom stereocenters. The Morgan fingerprint density at radius 2 is 1.85 bits per heavy atom. The summed E-state index contributed by atoms with van der Waals surface area (Å²) in [5.41, 5.74) is 0.321. The van der Waals surface area contributed by atoms with E-state index in [4.69, 9.17) is 11.6 Å². The lowest BCUT2D eigenvalue weighted by molar-refractivity contribution is -0.137. The Balaban J connectivity index is 1.67. The third-order valence-corrected chi connectivity index (χ3v) is 7.09. The van der Waals surface area contributed by atoms with Crippen molar-refractivity contribution in [2.24, 2.45) is 5.92 Å². The topological polar surface area (TPSA) is 83.4 Å². The standard InChI is InChI=1S/C27H29ClF4N6O2/c1-14(2)38-16(4)9-23(35-38)34-25(39)17-10-22(26(40)36(5)19-6-7-21(29)20(28)12-19)37(13-17)24-11-18(27(30,31)32)8-15(3)33-24/h6-9,11-12,14,17,22H,10,13H2,1-5H3,(H,34,35,39)/t17-,22-/m0/s1. The Bertz CT molecular complexity index is 1440. The zero-order chi connectivity index (χ0) is 29.5. The molecule has 0 bridgehead atoms. The number of hydrogen-bond acceptors (Lipinski definition) is 5. The first kappa shape index (κ1) is 29.3. The number of nitrogens with zero attached hydrogens (tertiary/aromatic N) is 5. The molecule has 0 aliphatic carbocycles. The second-order valence-electron chi connectivity index (χ2n) is 10.1. The molecular formula is C27H29ClF4N6O2. The van der Waals surface area contributed by atoms with Gasteiger partial charge >= 0.3 is 6.18 Å². The van der Waals surface area contributed by atoms with Crippen LogP contribution in [0.2, 0.25) is 5.02 Å². The fourth-order valence-electron chi connectivity index (χ4n) is 4.82. The highest BCUT2D eigenvalue weighted by Crippen LogP contribution is 2.36. The monoisotopic (exact) mass is 580 g/mol. The van der Waals surface area contributed by atoms with E-state index in [-0.39, 0.29) is 41.2 Å². The molecule has 1 aromatic carbocycles. The normalized spacial score (nSPS) is 17.4. The summed E-state index contributed by atoms with van der Waals surface area (Å²) < 4.78 is 56.3. The van der Waals surface area contributed by atoms with E-state index >= 15 is 0 Å². The maximum absolute atomic E-state index is 13.7. The van der Waals surface area contributed by atoms with Gasteiger partial charge in [0, 0.05) is 42.8 Å². The number of nitrogens with one attached hydrogen (secondary N) is 1. The predicted octanol–water partition coefficient (Wildman–Crippen LogP) is 5.78. The van der Waals surface area contributed by atoms with E-state index in [0.717, 1.165) is 23.9 Å². The molecule has 0 radical (unpaired) electrons. The molecule has 13 heteroatoms. The molecule has 2 aromatic heterocycles. The molecule has 1 N–H and O–H groups in total. The molecule has 40 heavy (non-hydrogen) atoms. The van der Waals surface area contributed by atoms with Gasteiger partial charge in [0.25, 0.3) is 0 Å². The van der Waals surface area contributed by atoms with Crippen LogP contribution in [0.15, 0.2) is 36.4 Å². The van der Waals surface area contributed by atoms with Crippen LogP contribution >= 0.6 is 11.6 Å². The number of benzene rings is 1. The molecule has 3 aromatic rings. The minimum Gasteiger partial charge on any atom is -0.344 e. The molecule has 8 nitrogen and oxygen atoms in total. The van der Waals surface area contributed by atoms with E-state index in [0.29, 0.717) is 5.82 Å². The van der Waals surface area contributed by atoms with Crippen LogP contribution in [0.3, 0.4) is 0 Å². The first-order valence-corrected chi connectivity index (χ1v) is 13.0. The van der Waals surface area contributed by atoms with Crippen molar-refractivity contribution in [1.82, 2.24) is 14.8 Å². The molecule has 214 valence electrons. The fraction of sp³-hybridized carbons (Fsp3) is 0.407. The van der Waals surface area contributed by atoms with E-state index in [9.17, 15) is 27.2 Å². The first-order chi connectivity index (χ1) is 18.6. The number of likely N-dealkylation sites (N-methyl/N-ethyl adjacent to an activating group) is 1. The summed E-state index contributed by atoms with van der Waals surface area (Å²) in [4.78, 5) is 33.9. The number of amides is 2. The van der Waals surface area contributed by atoms with Crippen LogP contribution in [0.5, 0.6) is 0 Å². The van der Waals surface area contributed by atoms with Gasteiger partial charge in [0.1, 0.15) is 17.7 Å². The van der Waals surface area contributed by atoms with Crippen LogP contribution in [0.4, 0.5) is 34.9 Å². The molecule has 2 amide bonds. The van der Waals surface area contributed by atoms with Crippen LogP contribution in [0, 0.1) is 25.6 Å². The fourth-order valence-corrected chi connectivity index (χ4v) is 4.99. The summed E-state index contributed by atoms with van der Waals surface area (Å²) in [6.45, 7) is 7.12. The van der Waals surface area contributed by atoms with E-state index in [1.165, 1.54) is 35.9 Å². The van der Waals surface area contributed by atoms with Gasteiger partial charge < -0.3 is 15.1 Å². The number of pyridine rings is 1. The summed E-state index contributed by atoms with van der Waals surface area (Å²) in [6.07, 6.45) is -4.63. The van der Waals surface area contributed by atoms with Crippen LogP contribution < -0.4 is 15.1 Å². The van der Waals surface area contributed by atoms with E-state index in [2.05, 4.69) is 15.4 Å². The van der Waals surface area contributed by atoms with Gasteiger partial charge in [-0.2, -0.15) is 18.3 Å². The minimum atomic E-state index is -4.63. The summed E-state index contributed by atoms with van der Waals surface area (Å²) >= 11 is 5.90. The molecule has 1 aliphatic heterocycles. The number of aromatic nitrogens is 3. The third kappa shape index (κ3) is 6.06. The van der Waals surface area contributed by atoms with Gasteiger partial charge in [-0.3, -0.25) is 14.3 Å². The molecule has 1 saturated heterocycles. The molecule has 1 fully saturated rings. The highest BCUT2D eigenvalue weighted by Gasteiger charge is 2.43. The van der Waals surface area contributed by atoms with Crippen molar-refractivity contribution in [1.29, 1.82) is 0 Å². The number of halogens is 5. The maximum Gasteiger partial charge on any atom is 0.416 e. The largest absolute Gasteiger partial charge is 0.416 e. The van der Waals surface area contributed by atoms with Crippen molar-refractivity contribution in [3.05, 3.63) is 64.2 Å². The molecule has 0 spiro atoms. The Labute approximate surface area is 233 Å². The van der Waals surface area contributed by atoms with Gasteiger partial charge in [-0.15, -0.1) is 0 Å². The summed E-state index contributed by atoms with van der Waals surface area (Å²) in [6, 6.07) is 6.30. The second-order valence-corrected chi connectivity index (χ2v) is 10.6. The summed E-state index contributed by atoms with van der Waals surface area (Å²) in [5.74, 6) is -2.11. The number of rotatable bonds is 6. The lowest BCUT2D eigenvalue weighted by Crippen LogP contribution is -2.44. The number of carbonyl (C=O) groups is 2. The van der Waals surface area contributed by atoms with Gasteiger partial charge in [-0.1, -0.05) is 11.6 Å². The van der Waals surface area contributed by atoms with Gasteiger partial charge in [0.15, 0.2) is 5.82 Å². The van der Waals surface area contributed by atoms with Crippen LogP contribution in [0.25, 0.3) is 0 Å². The van der Waals surface area contributed by atoms with Crippen molar-refractivity contribution < 1.29 is 27.2 Å². The van der Waals surface area contributed by atoms with E-state index in [1.807, 2.05) is 20.8 Å². The van der Waals surface area contributed by atoms with Crippen LogP contribution in [0.1, 0.15) is 43.3 Å². The van der Waals surface area contributed by atoms with Crippen LogP contribution in [-0.4, -0.2) is 46.2 Å². The molecular weight excluding hydrogens is 552 g/mol. The SMILES string of the molecule is Cc1cc(C(F)(F)F)cc(N2C[C@@H](C(=O)Nc3cc(C)n(C(C)C)n3)C[C@H]2C(=O)N(C)c2ccc(F)c(Cl)c2)n1. The van der Waals surface area contributed by atoms with E-state index in [1.54, 1.807) is 10.7 Å².